The molecule has 7 nitrogen and oxygen atoms in total. The van der Waals surface area contributed by atoms with Crippen molar-refractivity contribution in [1.29, 1.82) is 0 Å². The predicted molar refractivity (Wildman–Crippen MR) is 83.7 cm³/mol. The molecule has 3 N–H and O–H groups in total. The fourth-order valence-electron chi connectivity index (χ4n) is 2.50. The number of primary amides is 1. The number of carbonyl (C=O) groups is 2. The summed E-state index contributed by atoms with van der Waals surface area (Å²) in [6, 6.07) is 4.04. The molecule has 0 atom stereocenters. The molecule has 0 unspecified atom stereocenters. The van der Waals surface area contributed by atoms with Gasteiger partial charge in [0.05, 0.1) is 10.5 Å². The molecule has 1 aliphatic rings. The van der Waals surface area contributed by atoms with Crippen LogP contribution in [0.1, 0.15) is 36.0 Å². The minimum absolute atomic E-state index is 0.167. The highest BCUT2D eigenvalue weighted by Gasteiger charge is 2.41. The summed E-state index contributed by atoms with van der Waals surface area (Å²) < 4.78 is 0.577. The maximum atomic E-state index is 12.4. The molecule has 21 heavy (non-hydrogen) atoms. The molecule has 1 aliphatic carbocycles. The van der Waals surface area contributed by atoms with Gasteiger partial charge in [0, 0.05) is 15.7 Å². The van der Waals surface area contributed by atoms with Crippen LogP contribution in [0.25, 0.3) is 0 Å². The summed E-state index contributed by atoms with van der Waals surface area (Å²) in [4.78, 5) is 34.2. The van der Waals surface area contributed by atoms with E-state index in [-0.39, 0.29) is 11.3 Å². The lowest BCUT2D eigenvalue weighted by Gasteiger charge is -2.26. The zero-order valence-electron chi connectivity index (χ0n) is 11.1. The van der Waals surface area contributed by atoms with Gasteiger partial charge in [-0.05, 0) is 41.5 Å². The summed E-state index contributed by atoms with van der Waals surface area (Å²) in [5.74, 6) is -1.07. The number of halogens is 1. The van der Waals surface area contributed by atoms with Crippen molar-refractivity contribution in [2.75, 3.05) is 0 Å². The third kappa shape index (κ3) is 3.14. The van der Waals surface area contributed by atoms with Crippen LogP contribution in [0.3, 0.4) is 0 Å². The summed E-state index contributed by atoms with van der Waals surface area (Å²) >= 11 is 1.92. The third-order valence-corrected chi connectivity index (χ3v) is 4.63. The van der Waals surface area contributed by atoms with Gasteiger partial charge >= 0.3 is 0 Å². The maximum Gasteiger partial charge on any atom is 0.270 e. The van der Waals surface area contributed by atoms with E-state index in [2.05, 4.69) is 5.32 Å². The highest BCUT2D eigenvalue weighted by molar-refractivity contribution is 14.1. The molecule has 1 saturated carbocycles. The summed E-state index contributed by atoms with van der Waals surface area (Å²) in [6.07, 6.45) is 2.63. The van der Waals surface area contributed by atoms with Crippen LogP contribution in [0.2, 0.25) is 0 Å². The smallest absolute Gasteiger partial charge is 0.270 e. The molecule has 112 valence electrons. The van der Waals surface area contributed by atoms with Gasteiger partial charge < -0.3 is 11.1 Å². The van der Waals surface area contributed by atoms with E-state index in [4.69, 9.17) is 5.73 Å². The van der Waals surface area contributed by atoms with Crippen molar-refractivity contribution in [2.24, 2.45) is 5.73 Å². The van der Waals surface area contributed by atoms with Gasteiger partial charge in [-0.1, -0.05) is 12.8 Å². The van der Waals surface area contributed by atoms with E-state index in [9.17, 15) is 19.7 Å². The Balaban J connectivity index is 2.30. The monoisotopic (exact) mass is 403 g/mol. The van der Waals surface area contributed by atoms with Gasteiger partial charge in [-0.2, -0.15) is 0 Å². The lowest BCUT2D eigenvalue weighted by Crippen LogP contribution is -2.55. The molecule has 1 fully saturated rings. The molecule has 0 aliphatic heterocycles. The Morgan fingerprint density at radius 1 is 1.33 bits per heavy atom. The van der Waals surface area contributed by atoms with Gasteiger partial charge in [-0.15, -0.1) is 0 Å². The molecule has 2 amide bonds. The number of amides is 2. The van der Waals surface area contributed by atoms with Gasteiger partial charge in [0.2, 0.25) is 5.91 Å². The highest BCUT2D eigenvalue weighted by atomic mass is 127. The number of benzene rings is 1. The second-order valence-electron chi connectivity index (χ2n) is 5.03. The molecule has 0 bridgehead atoms. The molecule has 2 rings (SSSR count). The number of nitro groups is 1. The summed E-state index contributed by atoms with van der Waals surface area (Å²) in [6.45, 7) is 0. The van der Waals surface area contributed by atoms with Crippen LogP contribution < -0.4 is 11.1 Å². The van der Waals surface area contributed by atoms with Crippen molar-refractivity contribution in [3.05, 3.63) is 37.4 Å². The molecule has 1 aromatic rings. The second kappa shape index (κ2) is 5.96. The van der Waals surface area contributed by atoms with E-state index in [1.165, 1.54) is 18.2 Å². The quantitative estimate of drug-likeness (QED) is 0.453. The number of nitrogens with two attached hydrogens (primary N) is 1. The van der Waals surface area contributed by atoms with E-state index >= 15 is 0 Å². The van der Waals surface area contributed by atoms with E-state index in [1.807, 2.05) is 22.6 Å². The van der Waals surface area contributed by atoms with Crippen LogP contribution in [0.4, 0.5) is 5.69 Å². The van der Waals surface area contributed by atoms with Gasteiger partial charge in [0.1, 0.15) is 5.54 Å². The van der Waals surface area contributed by atoms with E-state index in [0.717, 1.165) is 12.8 Å². The summed E-state index contributed by atoms with van der Waals surface area (Å²) in [7, 11) is 0. The van der Waals surface area contributed by atoms with Crippen LogP contribution in [0, 0.1) is 13.7 Å². The Morgan fingerprint density at radius 3 is 2.48 bits per heavy atom. The molecular formula is C13H14IN3O4. The zero-order chi connectivity index (χ0) is 15.6. The Labute approximate surface area is 134 Å². The van der Waals surface area contributed by atoms with E-state index < -0.39 is 22.3 Å². The molecule has 0 spiro atoms. The van der Waals surface area contributed by atoms with Crippen molar-refractivity contribution in [2.45, 2.75) is 31.2 Å². The van der Waals surface area contributed by atoms with Crippen molar-refractivity contribution in [1.82, 2.24) is 5.32 Å². The van der Waals surface area contributed by atoms with Crippen molar-refractivity contribution in [3.8, 4) is 0 Å². The van der Waals surface area contributed by atoms with Crippen LogP contribution in [-0.2, 0) is 4.79 Å². The Bertz CT molecular complexity index is 611. The number of carbonyl (C=O) groups excluding carboxylic acids is 2. The SMILES string of the molecule is NC(=O)C1(NC(=O)c2cc([N+](=O)[O-])ccc2I)CCCC1. The van der Waals surface area contributed by atoms with Crippen LogP contribution >= 0.6 is 22.6 Å². The van der Waals surface area contributed by atoms with E-state index in [1.54, 1.807) is 0 Å². The normalized spacial score (nSPS) is 16.4. The number of hydrogen-bond acceptors (Lipinski definition) is 4. The van der Waals surface area contributed by atoms with Gasteiger partial charge in [0.25, 0.3) is 11.6 Å². The minimum Gasteiger partial charge on any atom is -0.368 e. The first-order valence-electron chi connectivity index (χ1n) is 6.42. The maximum absolute atomic E-state index is 12.4. The standard InChI is InChI=1S/C13H14IN3O4/c14-10-4-3-8(17(20)21)7-9(10)11(18)16-13(12(15)19)5-1-2-6-13/h3-4,7H,1-2,5-6H2,(H2,15,19)(H,16,18). The van der Waals surface area contributed by atoms with Crippen LogP contribution in [0.15, 0.2) is 18.2 Å². The second-order valence-corrected chi connectivity index (χ2v) is 6.19. The lowest BCUT2D eigenvalue weighted by molar-refractivity contribution is -0.384. The van der Waals surface area contributed by atoms with Gasteiger partial charge in [-0.3, -0.25) is 19.7 Å². The molecule has 0 aromatic heterocycles. The third-order valence-electron chi connectivity index (χ3n) is 3.69. The molecule has 0 saturated heterocycles. The number of nitrogens with zero attached hydrogens (tertiary/aromatic N) is 1. The average Bonchev–Trinajstić information content (AvgIpc) is 2.88. The highest BCUT2D eigenvalue weighted by Crippen LogP contribution is 2.30. The van der Waals surface area contributed by atoms with E-state index in [0.29, 0.717) is 16.4 Å². The number of hydrogen-bond donors (Lipinski definition) is 2. The average molecular weight is 403 g/mol. The van der Waals surface area contributed by atoms with Crippen molar-refractivity contribution < 1.29 is 14.5 Å². The van der Waals surface area contributed by atoms with Crippen LogP contribution in [0.5, 0.6) is 0 Å². The fourth-order valence-corrected chi connectivity index (χ4v) is 3.08. The summed E-state index contributed by atoms with van der Waals surface area (Å²) in [5.41, 5.74) is 4.39. The predicted octanol–water partition coefficient (Wildman–Crippen LogP) is 1.73. The lowest BCUT2D eigenvalue weighted by atomic mass is 9.96. The molecule has 0 heterocycles. The first kappa shape index (κ1) is 15.7. The number of non-ortho nitro benzene ring substituents is 1. The first-order valence-corrected chi connectivity index (χ1v) is 7.50. The minimum atomic E-state index is -1.04. The van der Waals surface area contributed by atoms with Gasteiger partial charge in [-0.25, -0.2) is 0 Å². The first-order chi connectivity index (χ1) is 9.85. The molecule has 1 aromatic carbocycles. The van der Waals surface area contributed by atoms with Crippen LogP contribution in [-0.4, -0.2) is 22.3 Å². The van der Waals surface area contributed by atoms with Gasteiger partial charge in [0.15, 0.2) is 0 Å². The zero-order valence-corrected chi connectivity index (χ0v) is 13.3. The Morgan fingerprint density at radius 2 is 1.95 bits per heavy atom. The number of rotatable bonds is 4. The fraction of sp³-hybridized carbons (Fsp3) is 0.385. The number of nitrogens with one attached hydrogen (secondary N) is 1. The molecular weight excluding hydrogens is 389 g/mol. The topological polar surface area (TPSA) is 115 Å². The van der Waals surface area contributed by atoms with Crippen molar-refractivity contribution >= 4 is 40.1 Å². The summed E-state index contributed by atoms with van der Waals surface area (Å²) in [5, 5.41) is 13.5. The number of nitro benzene ring substituents is 1. The largest absolute Gasteiger partial charge is 0.368 e. The van der Waals surface area contributed by atoms with Crippen molar-refractivity contribution in [3.63, 3.8) is 0 Å². The Kier molecular flexibility index (Phi) is 4.45. The Hall–Kier alpha value is -1.71. The molecule has 0 radical (unpaired) electrons. The molecule has 8 heteroatoms.